The Morgan fingerprint density at radius 3 is 2.88 bits per heavy atom. The third-order valence-corrected chi connectivity index (χ3v) is 2.97. The minimum atomic E-state index is -0.199. The first-order valence-electron chi connectivity index (χ1n) is 5.12. The van der Waals surface area contributed by atoms with Gasteiger partial charge < -0.3 is 9.88 Å². The number of nitrogens with one attached hydrogen (secondary N) is 1. The molecule has 0 spiro atoms. The molecule has 4 nitrogen and oxygen atoms in total. The van der Waals surface area contributed by atoms with Gasteiger partial charge in [0.15, 0.2) is 0 Å². The normalized spacial score (nSPS) is 10.3. The maximum atomic E-state index is 11.9. The Balaban J connectivity index is 2.25. The summed E-state index contributed by atoms with van der Waals surface area (Å²) in [6.45, 7) is 1.86. The van der Waals surface area contributed by atoms with Crippen LogP contribution in [0, 0.1) is 6.92 Å². The summed E-state index contributed by atoms with van der Waals surface area (Å²) in [6.07, 6.45) is 3.11. The second-order valence-corrected chi connectivity index (χ2v) is 4.16. The molecular formula is C12H12ClN3O. The third kappa shape index (κ3) is 2.31. The number of carbonyl (C=O) groups excluding carboxylic acids is 1. The number of amides is 1. The quantitative estimate of drug-likeness (QED) is 0.889. The second kappa shape index (κ2) is 4.59. The van der Waals surface area contributed by atoms with Crippen LogP contribution in [0.4, 0.5) is 5.69 Å². The van der Waals surface area contributed by atoms with Crippen molar-refractivity contribution in [2.24, 2.45) is 7.05 Å². The maximum absolute atomic E-state index is 11.9. The van der Waals surface area contributed by atoms with E-state index in [0.717, 1.165) is 5.56 Å². The summed E-state index contributed by atoms with van der Waals surface area (Å²) in [4.78, 5) is 15.8. The lowest BCUT2D eigenvalue weighted by Crippen LogP contribution is -2.16. The summed E-state index contributed by atoms with van der Waals surface area (Å²) >= 11 is 5.98. The van der Waals surface area contributed by atoms with Crippen LogP contribution in [0.25, 0.3) is 0 Å². The number of hydrogen-bond acceptors (Lipinski definition) is 2. The summed E-state index contributed by atoms with van der Waals surface area (Å²) in [5.74, 6) is -0.199. The number of carbonyl (C=O) groups is 1. The Morgan fingerprint density at radius 1 is 1.47 bits per heavy atom. The van der Waals surface area contributed by atoms with Crippen molar-refractivity contribution in [2.45, 2.75) is 6.92 Å². The third-order valence-electron chi connectivity index (χ3n) is 2.57. The number of anilines is 1. The van der Waals surface area contributed by atoms with Crippen LogP contribution in [-0.4, -0.2) is 15.5 Å². The highest BCUT2D eigenvalue weighted by Gasteiger charge is 2.11. The molecule has 0 bridgehead atoms. The molecule has 1 amide bonds. The van der Waals surface area contributed by atoms with Crippen LogP contribution < -0.4 is 5.32 Å². The van der Waals surface area contributed by atoms with E-state index in [9.17, 15) is 4.79 Å². The van der Waals surface area contributed by atoms with E-state index >= 15 is 0 Å². The molecule has 88 valence electrons. The SMILES string of the molecule is Cc1c(Cl)cccc1NC(=O)c1cncn1C. The Bertz CT molecular complexity index is 563. The topological polar surface area (TPSA) is 46.9 Å². The van der Waals surface area contributed by atoms with Gasteiger partial charge in [0.05, 0.1) is 12.5 Å². The van der Waals surface area contributed by atoms with Crippen LogP contribution in [0.1, 0.15) is 16.1 Å². The second-order valence-electron chi connectivity index (χ2n) is 3.76. The van der Waals surface area contributed by atoms with E-state index < -0.39 is 0 Å². The fourth-order valence-electron chi connectivity index (χ4n) is 1.51. The van der Waals surface area contributed by atoms with Crippen LogP contribution in [0.3, 0.4) is 0 Å². The molecule has 1 N–H and O–H groups in total. The van der Waals surface area contributed by atoms with E-state index in [4.69, 9.17) is 11.6 Å². The molecule has 0 saturated heterocycles. The fraction of sp³-hybridized carbons (Fsp3) is 0.167. The molecule has 0 aliphatic carbocycles. The number of rotatable bonds is 2. The van der Waals surface area contributed by atoms with Gasteiger partial charge >= 0.3 is 0 Å². The van der Waals surface area contributed by atoms with Crippen LogP contribution >= 0.6 is 11.6 Å². The van der Waals surface area contributed by atoms with E-state index in [0.29, 0.717) is 16.4 Å². The average Bonchev–Trinajstić information content (AvgIpc) is 2.71. The molecule has 1 heterocycles. The zero-order valence-corrected chi connectivity index (χ0v) is 10.3. The van der Waals surface area contributed by atoms with Gasteiger partial charge in [-0.3, -0.25) is 4.79 Å². The molecule has 0 radical (unpaired) electrons. The van der Waals surface area contributed by atoms with E-state index in [1.807, 2.05) is 13.0 Å². The molecule has 5 heteroatoms. The largest absolute Gasteiger partial charge is 0.330 e. The van der Waals surface area contributed by atoms with Gasteiger partial charge in [-0.2, -0.15) is 0 Å². The van der Waals surface area contributed by atoms with Gasteiger partial charge in [-0.15, -0.1) is 0 Å². The number of halogens is 1. The van der Waals surface area contributed by atoms with Crippen LogP contribution in [-0.2, 0) is 7.05 Å². The summed E-state index contributed by atoms with van der Waals surface area (Å²) in [5.41, 5.74) is 2.07. The zero-order chi connectivity index (χ0) is 12.4. The molecule has 0 saturated carbocycles. The highest BCUT2D eigenvalue weighted by molar-refractivity contribution is 6.31. The first-order chi connectivity index (χ1) is 8.09. The van der Waals surface area contributed by atoms with Gasteiger partial charge in [0.25, 0.3) is 5.91 Å². The van der Waals surface area contributed by atoms with Gasteiger partial charge in [0.2, 0.25) is 0 Å². The number of imidazole rings is 1. The standard InChI is InChI=1S/C12H12ClN3O/c1-8-9(13)4-3-5-10(8)15-12(17)11-6-14-7-16(11)2/h3-7H,1-2H3,(H,15,17). The monoisotopic (exact) mass is 249 g/mol. The lowest BCUT2D eigenvalue weighted by molar-refractivity contribution is 0.101. The van der Waals surface area contributed by atoms with Crippen molar-refractivity contribution in [1.82, 2.24) is 9.55 Å². The minimum absolute atomic E-state index is 0.199. The summed E-state index contributed by atoms with van der Waals surface area (Å²) in [7, 11) is 1.77. The van der Waals surface area contributed by atoms with Gasteiger partial charge in [-0.05, 0) is 24.6 Å². The van der Waals surface area contributed by atoms with Gasteiger partial charge in [-0.1, -0.05) is 17.7 Å². The summed E-state index contributed by atoms with van der Waals surface area (Å²) in [6, 6.07) is 5.40. The predicted octanol–water partition coefficient (Wildman–Crippen LogP) is 2.63. The number of aryl methyl sites for hydroxylation is 1. The molecule has 2 aromatic rings. The summed E-state index contributed by atoms with van der Waals surface area (Å²) in [5, 5.41) is 3.44. The number of aromatic nitrogens is 2. The first-order valence-corrected chi connectivity index (χ1v) is 5.50. The van der Waals surface area contributed by atoms with E-state index in [-0.39, 0.29) is 5.91 Å². The van der Waals surface area contributed by atoms with Crippen molar-refractivity contribution >= 4 is 23.2 Å². The minimum Gasteiger partial charge on any atom is -0.330 e. The molecule has 0 aliphatic rings. The van der Waals surface area contributed by atoms with Crippen molar-refractivity contribution in [3.63, 3.8) is 0 Å². The van der Waals surface area contributed by atoms with E-state index in [1.165, 1.54) is 6.20 Å². The Kier molecular flexibility index (Phi) is 3.15. The van der Waals surface area contributed by atoms with Crippen LogP contribution in [0.2, 0.25) is 5.02 Å². The summed E-state index contributed by atoms with van der Waals surface area (Å²) < 4.78 is 1.66. The fourth-order valence-corrected chi connectivity index (χ4v) is 1.68. The molecule has 1 aromatic heterocycles. The Hall–Kier alpha value is -1.81. The molecule has 0 aliphatic heterocycles. The van der Waals surface area contributed by atoms with Gasteiger partial charge in [-0.25, -0.2) is 4.98 Å². The lowest BCUT2D eigenvalue weighted by atomic mass is 10.2. The van der Waals surface area contributed by atoms with E-state index in [1.54, 1.807) is 30.1 Å². The number of hydrogen-bond donors (Lipinski definition) is 1. The maximum Gasteiger partial charge on any atom is 0.273 e. The number of benzene rings is 1. The predicted molar refractivity (Wildman–Crippen MR) is 67.4 cm³/mol. The molecule has 1 aromatic carbocycles. The van der Waals surface area contributed by atoms with Gasteiger partial charge in [0.1, 0.15) is 5.69 Å². The lowest BCUT2D eigenvalue weighted by Gasteiger charge is -2.09. The smallest absolute Gasteiger partial charge is 0.273 e. The highest BCUT2D eigenvalue weighted by Crippen LogP contribution is 2.23. The molecule has 0 atom stereocenters. The van der Waals surface area contributed by atoms with Crippen molar-refractivity contribution in [3.8, 4) is 0 Å². The Morgan fingerprint density at radius 2 is 2.24 bits per heavy atom. The number of nitrogens with zero attached hydrogens (tertiary/aromatic N) is 2. The molecular weight excluding hydrogens is 238 g/mol. The molecule has 2 rings (SSSR count). The van der Waals surface area contributed by atoms with Gasteiger partial charge in [0, 0.05) is 17.8 Å². The molecule has 0 unspecified atom stereocenters. The highest BCUT2D eigenvalue weighted by atomic mass is 35.5. The van der Waals surface area contributed by atoms with Crippen LogP contribution in [0.15, 0.2) is 30.7 Å². The Labute approximate surface area is 104 Å². The van der Waals surface area contributed by atoms with Crippen molar-refractivity contribution in [1.29, 1.82) is 0 Å². The average molecular weight is 250 g/mol. The van der Waals surface area contributed by atoms with Crippen molar-refractivity contribution in [2.75, 3.05) is 5.32 Å². The van der Waals surface area contributed by atoms with Crippen LogP contribution in [0.5, 0.6) is 0 Å². The zero-order valence-electron chi connectivity index (χ0n) is 9.57. The first kappa shape index (κ1) is 11.7. The van der Waals surface area contributed by atoms with Crippen molar-refractivity contribution < 1.29 is 4.79 Å². The van der Waals surface area contributed by atoms with E-state index in [2.05, 4.69) is 10.3 Å². The molecule has 17 heavy (non-hydrogen) atoms. The van der Waals surface area contributed by atoms with Crippen molar-refractivity contribution in [3.05, 3.63) is 47.0 Å². The molecule has 0 fully saturated rings.